The molecule has 0 aliphatic rings. The number of benzene rings is 1. The van der Waals surface area contributed by atoms with Gasteiger partial charge in [-0.3, -0.25) is 9.79 Å². The quantitative estimate of drug-likeness (QED) is 0.428. The number of aryl methyl sites for hydroxylation is 1. The molecule has 0 atom stereocenters. The van der Waals surface area contributed by atoms with Crippen molar-refractivity contribution in [2.75, 3.05) is 18.9 Å². The zero-order chi connectivity index (χ0) is 18.4. The number of amides is 1. The van der Waals surface area contributed by atoms with Crippen LogP contribution >= 0.6 is 11.3 Å². The van der Waals surface area contributed by atoms with Gasteiger partial charge in [0.1, 0.15) is 5.01 Å². The number of nitrogens with zero attached hydrogens (tertiary/aromatic N) is 2. The summed E-state index contributed by atoms with van der Waals surface area (Å²) in [4.78, 5) is 20.0. The normalized spacial score (nSPS) is 11.3. The van der Waals surface area contributed by atoms with E-state index >= 15 is 0 Å². The molecule has 1 aromatic heterocycles. The SMILES string of the molecule is CN=C(NCC(=O)Nc1ccc(F)c(F)c1F)NCc1nc(C)cs1. The summed E-state index contributed by atoms with van der Waals surface area (Å²) < 4.78 is 39.5. The Morgan fingerprint density at radius 1 is 1.24 bits per heavy atom. The van der Waals surface area contributed by atoms with Crippen LogP contribution in [0, 0.1) is 24.4 Å². The average molecular weight is 371 g/mol. The van der Waals surface area contributed by atoms with Gasteiger partial charge in [-0.05, 0) is 19.1 Å². The Morgan fingerprint density at radius 3 is 2.64 bits per heavy atom. The highest BCUT2D eigenvalue weighted by molar-refractivity contribution is 7.09. The van der Waals surface area contributed by atoms with Crippen LogP contribution in [0.2, 0.25) is 0 Å². The molecule has 0 aliphatic carbocycles. The van der Waals surface area contributed by atoms with Gasteiger partial charge in [0.05, 0.1) is 18.8 Å². The number of thiazole rings is 1. The summed E-state index contributed by atoms with van der Waals surface area (Å²) in [6.07, 6.45) is 0. The molecule has 0 aliphatic heterocycles. The molecule has 25 heavy (non-hydrogen) atoms. The lowest BCUT2D eigenvalue weighted by Gasteiger charge is -2.11. The second-order valence-electron chi connectivity index (χ2n) is 4.93. The number of carbonyl (C=O) groups is 1. The van der Waals surface area contributed by atoms with Crippen LogP contribution in [0.25, 0.3) is 0 Å². The fourth-order valence-corrected chi connectivity index (χ4v) is 2.56. The third kappa shape index (κ3) is 5.18. The first-order valence-electron chi connectivity index (χ1n) is 7.19. The standard InChI is InChI=1S/C15H16F3N5OS/c1-8-7-25-12(22-8)6-21-15(19-2)20-5-11(24)23-10-4-3-9(16)13(17)14(10)18/h3-4,7H,5-6H2,1-2H3,(H,23,24)(H2,19,20,21). The minimum Gasteiger partial charge on any atom is -0.350 e. The van der Waals surface area contributed by atoms with E-state index in [1.54, 1.807) is 0 Å². The molecule has 3 N–H and O–H groups in total. The molecule has 0 bridgehead atoms. The maximum absolute atomic E-state index is 13.5. The Kier molecular flexibility index (Phi) is 6.34. The number of halogens is 3. The van der Waals surface area contributed by atoms with Gasteiger partial charge in [0.15, 0.2) is 23.4 Å². The summed E-state index contributed by atoms with van der Waals surface area (Å²) in [5.41, 5.74) is 0.476. The molecule has 0 fully saturated rings. The van der Waals surface area contributed by atoms with Gasteiger partial charge in [-0.2, -0.15) is 0 Å². The lowest BCUT2D eigenvalue weighted by molar-refractivity contribution is -0.115. The summed E-state index contributed by atoms with van der Waals surface area (Å²) in [6.45, 7) is 2.07. The summed E-state index contributed by atoms with van der Waals surface area (Å²) in [7, 11) is 1.52. The molecule has 10 heteroatoms. The van der Waals surface area contributed by atoms with E-state index in [1.165, 1.54) is 18.4 Å². The summed E-state index contributed by atoms with van der Waals surface area (Å²) in [5, 5.41) is 10.6. The number of aromatic nitrogens is 1. The molecule has 1 heterocycles. The Bertz CT molecular complexity index is 793. The highest BCUT2D eigenvalue weighted by Crippen LogP contribution is 2.19. The van der Waals surface area contributed by atoms with Crippen molar-refractivity contribution in [2.24, 2.45) is 4.99 Å². The molecule has 6 nitrogen and oxygen atoms in total. The highest BCUT2D eigenvalue weighted by Gasteiger charge is 2.15. The minimum absolute atomic E-state index is 0.241. The van der Waals surface area contributed by atoms with Crippen LogP contribution in [0.15, 0.2) is 22.5 Å². The first-order chi connectivity index (χ1) is 11.9. The largest absolute Gasteiger partial charge is 0.350 e. The maximum Gasteiger partial charge on any atom is 0.243 e. The van der Waals surface area contributed by atoms with Crippen molar-refractivity contribution in [3.63, 3.8) is 0 Å². The van der Waals surface area contributed by atoms with Gasteiger partial charge in [-0.1, -0.05) is 0 Å². The van der Waals surface area contributed by atoms with E-state index in [-0.39, 0.29) is 6.54 Å². The van der Waals surface area contributed by atoms with Crippen molar-refractivity contribution in [3.8, 4) is 0 Å². The van der Waals surface area contributed by atoms with Gasteiger partial charge in [-0.25, -0.2) is 18.2 Å². The molecule has 2 rings (SSSR count). The number of rotatable bonds is 5. The predicted octanol–water partition coefficient (Wildman–Crippen LogP) is 2.17. The van der Waals surface area contributed by atoms with Crippen molar-refractivity contribution >= 4 is 28.9 Å². The molecule has 134 valence electrons. The zero-order valence-electron chi connectivity index (χ0n) is 13.5. The predicted molar refractivity (Wildman–Crippen MR) is 90.0 cm³/mol. The van der Waals surface area contributed by atoms with Crippen LogP contribution in [0.5, 0.6) is 0 Å². The molecule has 0 radical (unpaired) electrons. The summed E-state index contributed by atoms with van der Waals surface area (Å²) >= 11 is 1.49. The fourth-order valence-electron chi connectivity index (χ4n) is 1.84. The Balaban J connectivity index is 1.84. The van der Waals surface area contributed by atoms with Gasteiger partial charge in [0.25, 0.3) is 0 Å². The Morgan fingerprint density at radius 2 is 2.00 bits per heavy atom. The summed E-state index contributed by atoms with van der Waals surface area (Å²) in [6, 6.07) is 1.68. The first-order valence-corrected chi connectivity index (χ1v) is 8.07. The number of aliphatic imine (C=N–C) groups is 1. The zero-order valence-corrected chi connectivity index (χ0v) is 14.3. The van der Waals surface area contributed by atoms with Crippen molar-refractivity contribution in [1.29, 1.82) is 0 Å². The Labute approximate surface area is 146 Å². The smallest absolute Gasteiger partial charge is 0.243 e. The van der Waals surface area contributed by atoms with Crippen molar-refractivity contribution in [1.82, 2.24) is 15.6 Å². The van der Waals surface area contributed by atoms with Crippen molar-refractivity contribution < 1.29 is 18.0 Å². The number of nitrogens with one attached hydrogen (secondary N) is 3. The number of anilines is 1. The molecule has 2 aromatic rings. The minimum atomic E-state index is -1.64. The number of guanidine groups is 1. The van der Waals surface area contributed by atoms with Crippen molar-refractivity contribution in [3.05, 3.63) is 45.7 Å². The summed E-state index contributed by atoms with van der Waals surface area (Å²) in [5.74, 6) is -4.71. The van der Waals surface area contributed by atoms with Gasteiger partial charge in [-0.15, -0.1) is 11.3 Å². The molecule has 0 spiro atoms. The molecular formula is C15H16F3N5OS. The van der Waals surface area contributed by atoms with Crippen LogP contribution in [-0.4, -0.2) is 30.4 Å². The van der Waals surface area contributed by atoms with Crippen LogP contribution in [0.1, 0.15) is 10.7 Å². The average Bonchev–Trinajstić information content (AvgIpc) is 3.01. The van der Waals surface area contributed by atoms with Gasteiger partial charge in [0.2, 0.25) is 5.91 Å². The molecule has 1 amide bonds. The van der Waals surface area contributed by atoms with E-state index in [0.717, 1.165) is 22.8 Å². The fraction of sp³-hybridized carbons (Fsp3) is 0.267. The molecule has 0 unspecified atom stereocenters. The molecule has 1 aromatic carbocycles. The second-order valence-corrected chi connectivity index (χ2v) is 5.88. The first kappa shape index (κ1) is 18.7. The van der Waals surface area contributed by atoms with Crippen LogP contribution < -0.4 is 16.0 Å². The number of hydrogen-bond donors (Lipinski definition) is 3. The lowest BCUT2D eigenvalue weighted by Crippen LogP contribution is -2.41. The third-order valence-electron chi connectivity index (χ3n) is 3.02. The van der Waals surface area contributed by atoms with E-state index < -0.39 is 29.0 Å². The molecular weight excluding hydrogens is 355 g/mol. The van der Waals surface area contributed by atoms with E-state index in [1.807, 2.05) is 12.3 Å². The van der Waals surface area contributed by atoms with Crippen molar-refractivity contribution in [2.45, 2.75) is 13.5 Å². The number of carbonyl (C=O) groups excluding carboxylic acids is 1. The van der Waals surface area contributed by atoms with E-state index in [2.05, 4.69) is 25.9 Å². The van der Waals surface area contributed by atoms with Gasteiger partial charge >= 0.3 is 0 Å². The highest BCUT2D eigenvalue weighted by atomic mass is 32.1. The lowest BCUT2D eigenvalue weighted by atomic mass is 10.2. The topological polar surface area (TPSA) is 78.4 Å². The van der Waals surface area contributed by atoms with E-state index in [0.29, 0.717) is 12.5 Å². The van der Waals surface area contributed by atoms with Crippen LogP contribution in [-0.2, 0) is 11.3 Å². The van der Waals surface area contributed by atoms with Crippen LogP contribution in [0.3, 0.4) is 0 Å². The van der Waals surface area contributed by atoms with Crippen LogP contribution in [0.4, 0.5) is 18.9 Å². The van der Waals surface area contributed by atoms with Gasteiger partial charge < -0.3 is 16.0 Å². The number of hydrogen-bond acceptors (Lipinski definition) is 4. The Hall–Kier alpha value is -2.62. The molecule has 0 saturated carbocycles. The monoisotopic (exact) mass is 371 g/mol. The van der Waals surface area contributed by atoms with E-state index in [4.69, 9.17) is 0 Å². The van der Waals surface area contributed by atoms with E-state index in [9.17, 15) is 18.0 Å². The third-order valence-corrected chi connectivity index (χ3v) is 3.99. The van der Waals surface area contributed by atoms with Gasteiger partial charge in [0, 0.05) is 18.1 Å². The maximum atomic E-state index is 13.5. The molecule has 0 saturated heterocycles. The second kappa shape index (κ2) is 8.47.